The fourth-order valence-electron chi connectivity index (χ4n) is 3.18. The molecular weight excluding hydrogens is 286 g/mol. The second-order valence-electron chi connectivity index (χ2n) is 5.57. The molecule has 0 radical (unpaired) electrons. The van der Waals surface area contributed by atoms with Gasteiger partial charge in [-0.15, -0.1) is 0 Å². The summed E-state index contributed by atoms with van der Waals surface area (Å²) in [6.07, 6.45) is 9.15. The number of nitrogens with one attached hydrogen (secondary N) is 1. The molecule has 1 atom stereocenters. The van der Waals surface area contributed by atoms with Gasteiger partial charge in [-0.2, -0.15) is 0 Å². The van der Waals surface area contributed by atoms with E-state index in [1.165, 1.54) is 61.5 Å². The van der Waals surface area contributed by atoms with E-state index in [0.29, 0.717) is 5.54 Å². The molecule has 1 saturated heterocycles. The molecule has 0 bridgehead atoms. The monoisotopic (exact) mass is 309 g/mol. The van der Waals surface area contributed by atoms with Gasteiger partial charge in [-0.3, -0.25) is 0 Å². The molecule has 0 aromatic heterocycles. The molecule has 100 valence electrons. The molecule has 1 aromatic carbocycles. The maximum absolute atomic E-state index is 3.85. The van der Waals surface area contributed by atoms with Crippen molar-refractivity contribution in [3.63, 3.8) is 0 Å². The van der Waals surface area contributed by atoms with Crippen molar-refractivity contribution in [2.45, 2.75) is 57.4 Å². The maximum Gasteiger partial charge on any atom is 0.0221 e. The molecule has 2 heteroatoms. The van der Waals surface area contributed by atoms with Crippen LogP contribution in [0.1, 0.15) is 51.0 Å². The van der Waals surface area contributed by atoms with Gasteiger partial charge in [0, 0.05) is 10.0 Å². The summed E-state index contributed by atoms with van der Waals surface area (Å²) < 4.78 is 1.19. The zero-order valence-electron chi connectivity index (χ0n) is 11.3. The van der Waals surface area contributed by atoms with E-state index < -0.39 is 0 Å². The summed E-state index contributed by atoms with van der Waals surface area (Å²) in [5.74, 6) is 0. The number of rotatable bonds is 4. The number of hydrogen-bond acceptors (Lipinski definition) is 1. The molecule has 0 saturated carbocycles. The molecule has 1 aromatic rings. The Morgan fingerprint density at radius 3 is 2.94 bits per heavy atom. The highest BCUT2D eigenvalue weighted by Gasteiger charge is 2.29. The van der Waals surface area contributed by atoms with Crippen LogP contribution < -0.4 is 5.32 Å². The van der Waals surface area contributed by atoms with Gasteiger partial charge < -0.3 is 5.32 Å². The second kappa shape index (κ2) is 6.72. The first kappa shape index (κ1) is 14.1. The predicted octanol–water partition coefficient (Wildman–Crippen LogP) is 4.69. The van der Waals surface area contributed by atoms with E-state index in [0.717, 1.165) is 0 Å². The van der Waals surface area contributed by atoms with Crippen LogP contribution in [-0.2, 0) is 6.42 Å². The zero-order chi connectivity index (χ0) is 12.8. The Morgan fingerprint density at radius 1 is 1.28 bits per heavy atom. The summed E-state index contributed by atoms with van der Waals surface area (Å²) in [5, 5.41) is 3.85. The molecule has 1 N–H and O–H groups in total. The van der Waals surface area contributed by atoms with Crippen LogP contribution in [-0.4, -0.2) is 12.1 Å². The lowest BCUT2D eigenvalue weighted by molar-refractivity contribution is 0.288. The normalized spacial score (nSPS) is 24.8. The van der Waals surface area contributed by atoms with Gasteiger partial charge in [-0.1, -0.05) is 54.2 Å². The summed E-state index contributed by atoms with van der Waals surface area (Å²) >= 11 is 3.58. The number of halogens is 1. The van der Waals surface area contributed by atoms with Crippen molar-refractivity contribution in [1.82, 2.24) is 5.32 Å². The molecule has 2 rings (SSSR count). The number of hydrogen-bond donors (Lipinski definition) is 1. The molecule has 1 aliphatic rings. The third kappa shape index (κ3) is 3.83. The quantitative estimate of drug-likeness (QED) is 0.850. The average molecular weight is 310 g/mol. The Morgan fingerprint density at radius 2 is 2.17 bits per heavy atom. The molecule has 0 aliphatic carbocycles. The van der Waals surface area contributed by atoms with E-state index in [9.17, 15) is 0 Å². The number of benzene rings is 1. The lowest BCUT2D eigenvalue weighted by Crippen LogP contribution is -2.46. The van der Waals surface area contributed by atoms with Gasteiger partial charge >= 0.3 is 0 Å². The fraction of sp³-hybridized carbons (Fsp3) is 0.625. The lowest BCUT2D eigenvalue weighted by atomic mass is 9.83. The van der Waals surface area contributed by atoms with Gasteiger partial charge in [-0.25, -0.2) is 0 Å². The van der Waals surface area contributed by atoms with Crippen molar-refractivity contribution in [3.05, 3.63) is 34.3 Å². The largest absolute Gasteiger partial charge is 0.311 e. The minimum Gasteiger partial charge on any atom is -0.311 e. The topological polar surface area (TPSA) is 12.0 Å². The van der Waals surface area contributed by atoms with E-state index in [1.54, 1.807) is 0 Å². The Kier molecular flexibility index (Phi) is 5.25. The third-order valence-corrected chi connectivity index (χ3v) is 4.49. The predicted molar refractivity (Wildman–Crippen MR) is 82.0 cm³/mol. The Hall–Kier alpha value is -0.340. The van der Waals surface area contributed by atoms with E-state index in [1.807, 2.05) is 0 Å². The zero-order valence-corrected chi connectivity index (χ0v) is 12.9. The summed E-state index contributed by atoms with van der Waals surface area (Å²) in [5.41, 5.74) is 1.79. The second-order valence-corrected chi connectivity index (χ2v) is 6.49. The van der Waals surface area contributed by atoms with Crippen molar-refractivity contribution in [2.75, 3.05) is 6.54 Å². The van der Waals surface area contributed by atoms with Gasteiger partial charge in [0.15, 0.2) is 0 Å². The standard InChI is InChI=1S/C16H24BrN/c1-2-9-16(10-4-3-5-11-18-16)13-14-7-6-8-15(17)12-14/h6-8,12,18H,2-5,9-11,13H2,1H3. The molecule has 1 unspecified atom stereocenters. The van der Waals surface area contributed by atoms with Crippen LogP contribution in [0.15, 0.2) is 28.7 Å². The summed E-state index contributed by atoms with van der Waals surface area (Å²) in [4.78, 5) is 0. The maximum atomic E-state index is 3.85. The van der Waals surface area contributed by atoms with Crippen molar-refractivity contribution in [1.29, 1.82) is 0 Å². The van der Waals surface area contributed by atoms with Crippen molar-refractivity contribution < 1.29 is 0 Å². The van der Waals surface area contributed by atoms with Gasteiger partial charge in [0.05, 0.1) is 0 Å². The highest BCUT2D eigenvalue weighted by Crippen LogP contribution is 2.28. The van der Waals surface area contributed by atoms with E-state index in [2.05, 4.69) is 52.4 Å². The minimum atomic E-state index is 0.339. The van der Waals surface area contributed by atoms with Gasteiger partial charge in [0.1, 0.15) is 0 Å². The van der Waals surface area contributed by atoms with Crippen molar-refractivity contribution in [3.8, 4) is 0 Å². The van der Waals surface area contributed by atoms with Crippen molar-refractivity contribution in [2.24, 2.45) is 0 Å². The van der Waals surface area contributed by atoms with E-state index in [-0.39, 0.29) is 0 Å². The summed E-state index contributed by atoms with van der Waals surface area (Å²) in [6.45, 7) is 3.49. The van der Waals surface area contributed by atoms with Crippen LogP contribution >= 0.6 is 15.9 Å². The van der Waals surface area contributed by atoms with Crippen LogP contribution in [0.2, 0.25) is 0 Å². The summed E-state index contributed by atoms with van der Waals surface area (Å²) in [7, 11) is 0. The fourth-order valence-corrected chi connectivity index (χ4v) is 3.62. The highest BCUT2D eigenvalue weighted by atomic mass is 79.9. The molecule has 1 aliphatic heterocycles. The molecule has 1 fully saturated rings. The first-order chi connectivity index (χ1) is 8.74. The smallest absolute Gasteiger partial charge is 0.0221 e. The Labute approximate surface area is 119 Å². The van der Waals surface area contributed by atoms with Crippen LogP contribution in [0.3, 0.4) is 0 Å². The van der Waals surface area contributed by atoms with Gasteiger partial charge in [-0.05, 0) is 49.9 Å². The van der Waals surface area contributed by atoms with Gasteiger partial charge in [0.25, 0.3) is 0 Å². The highest BCUT2D eigenvalue weighted by molar-refractivity contribution is 9.10. The van der Waals surface area contributed by atoms with Crippen LogP contribution in [0.25, 0.3) is 0 Å². The van der Waals surface area contributed by atoms with Gasteiger partial charge in [0.2, 0.25) is 0 Å². The molecule has 0 amide bonds. The van der Waals surface area contributed by atoms with Crippen LogP contribution in [0.5, 0.6) is 0 Å². The third-order valence-electron chi connectivity index (χ3n) is 3.99. The first-order valence-electron chi connectivity index (χ1n) is 7.24. The molecule has 1 nitrogen and oxygen atoms in total. The minimum absolute atomic E-state index is 0.339. The molecular formula is C16H24BrN. The molecule has 1 heterocycles. The summed E-state index contributed by atoms with van der Waals surface area (Å²) in [6, 6.07) is 8.78. The molecule has 18 heavy (non-hydrogen) atoms. The SMILES string of the molecule is CCCC1(Cc2cccc(Br)c2)CCCCCN1. The van der Waals surface area contributed by atoms with Crippen LogP contribution in [0, 0.1) is 0 Å². The lowest BCUT2D eigenvalue weighted by Gasteiger charge is -2.34. The Balaban J connectivity index is 2.13. The van der Waals surface area contributed by atoms with E-state index >= 15 is 0 Å². The van der Waals surface area contributed by atoms with E-state index in [4.69, 9.17) is 0 Å². The van der Waals surface area contributed by atoms with Crippen molar-refractivity contribution >= 4 is 15.9 Å². The van der Waals surface area contributed by atoms with Crippen LogP contribution in [0.4, 0.5) is 0 Å². The first-order valence-corrected chi connectivity index (χ1v) is 8.03. The molecule has 0 spiro atoms. The Bertz CT molecular complexity index is 367. The average Bonchev–Trinajstić information content (AvgIpc) is 2.55.